The average molecular weight is 333 g/mol. The predicted octanol–water partition coefficient (Wildman–Crippen LogP) is 1.55. The molecular weight excluding hydrogens is 309 g/mol. The van der Waals surface area contributed by atoms with Gasteiger partial charge in [0.15, 0.2) is 0 Å². The molecule has 0 aromatic heterocycles. The molecule has 1 saturated carbocycles. The maximum atomic E-state index is 13.6. The van der Waals surface area contributed by atoms with Crippen molar-refractivity contribution in [2.45, 2.75) is 32.2 Å². The van der Waals surface area contributed by atoms with Gasteiger partial charge in [0.25, 0.3) is 5.91 Å². The smallest absolute Gasteiger partial charge is 0.254 e. The minimum absolute atomic E-state index is 0.0356. The monoisotopic (exact) mass is 333 g/mol. The minimum atomic E-state index is -0.368. The number of amides is 2. The van der Waals surface area contributed by atoms with E-state index in [-0.39, 0.29) is 29.6 Å². The number of hydrogen-bond donors (Lipinski definition) is 1. The van der Waals surface area contributed by atoms with Crippen LogP contribution in [0.2, 0.25) is 0 Å². The van der Waals surface area contributed by atoms with Gasteiger partial charge in [-0.1, -0.05) is 6.07 Å². The van der Waals surface area contributed by atoms with Crippen molar-refractivity contribution in [1.82, 2.24) is 9.80 Å². The van der Waals surface area contributed by atoms with Gasteiger partial charge in [-0.25, -0.2) is 4.39 Å². The highest BCUT2D eigenvalue weighted by Gasteiger charge is 2.33. The maximum Gasteiger partial charge on any atom is 0.254 e. The fraction of sp³-hybridized carbons (Fsp3) is 0.556. The molecule has 0 spiro atoms. The van der Waals surface area contributed by atoms with Crippen molar-refractivity contribution in [3.63, 3.8) is 0 Å². The van der Waals surface area contributed by atoms with Gasteiger partial charge in [-0.15, -0.1) is 0 Å². The lowest BCUT2D eigenvalue weighted by Gasteiger charge is -2.36. The van der Waals surface area contributed by atoms with E-state index in [1.165, 1.54) is 6.07 Å². The second-order valence-electron chi connectivity index (χ2n) is 6.85. The van der Waals surface area contributed by atoms with Crippen LogP contribution in [0.15, 0.2) is 18.2 Å². The van der Waals surface area contributed by atoms with E-state index in [1.54, 1.807) is 24.0 Å². The van der Waals surface area contributed by atoms with E-state index in [0.717, 1.165) is 19.3 Å². The fourth-order valence-corrected chi connectivity index (χ4v) is 3.54. The summed E-state index contributed by atoms with van der Waals surface area (Å²) in [5, 5.41) is 0. The predicted molar refractivity (Wildman–Crippen MR) is 88.9 cm³/mol. The van der Waals surface area contributed by atoms with Crippen LogP contribution in [0.5, 0.6) is 0 Å². The first-order chi connectivity index (χ1) is 11.5. The molecule has 2 unspecified atom stereocenters. The van der Waals surface area contributed by atoms with Crippen molar-refractivity contribution in [1.29, 1.82) is 0 Å². The molecule has 2 atom stereocenters. The highest BCUT2D eigenvalue weighted by molar-refractivity contribution is 5.94. The minimum Gasteiger partial charge on any atom is -0.339 e. The molecule has 1 aromatic carbocycles. The Hall–Kier alpha value is -1.95. The van der Waals surface area contributed by atoms with Crippen LogP contribution in [0, 0.1) is 18.7 Å². The number of aryl methyl sites for hydroxylation is 1. The number of nitrogens with zero attached hydrogens (tertiary/aromatic N) is 2. The van der Waals surface area contributed by atoms with Gasteiger partial charge in [0, 0.05) is 43.7 Å². The molecule has 0 bridgehead atoms. The first kappa shape index (κ1) is 16.9. The lowest BCUT2D eigenvalue weighted by atomic mass is 10.1. The van der Waals surface area contributed by atoms with Gasteiger partial charge in [0.05, 0.1) is 0 Å². The number of rotatable bonds is 2. The number of piperazine rings is 1. The number of carbonyl (C=O) groups excluding carboxylic acids is 2. The van der Waals surface area contributed by atoms with Gasteiger partial charge in [-0.2, -0.15) is 0 Å². The third-order valence-corrected chi connectivity index (χ3v) is 5.12. The Bertz CT molecular complexity index is 641. The number of carbonyl (C=O) groups is 2. The first-order valence-electron chi connectivity index (χ1n) is 8.55. The van der Waals surface area contributed by atoms with Crippen LogP contribution in [0.1, 0.15) is 35.2 Å². The Kier molecular flexibility index (Phi) is 4.85. The molecule has 3 rings (SSSR count). The van der Waals surface area contributed by atoms with Gasteiger partial charge in [0.1, 0.15) is 5.82 Å². The number of benzene rings is 1. The van der Waals surface area contributed by atoms with Crippen LogP contribution in [0.25, 0.3) is 0 Å². The molecule has 0 radical (unpaired) electrons. The lowest BCUT2D eigenvalue weighted by molar-refractivity contribution is -0.136. The Labute approximate surface area is 141 Å². The molecule has 1 aromatic rings. The van der Waals surface area contributed by atoms with E-state index in [4.69, 9.17) is 5.73 Å². The summed E-state index contributed by atoms with van der Waals surface area (Å²) in [7, 11) is 0. The van der Waals surface area contributed by atoms with Gasteiger partial charge in [-0.3, -0.25) is 9.59 Å². The van der Waals surface area contributed by atoms with Crippen LogP contribution in [0.3, 0.4) is 0 Å². The lowest BCUT2D eigenvalue weighted by Crippen LogP contribution is -2.51. The van der Waals surface area contributed by atoms with Gasteiger partial charge < -0.3 is 15.5 Å². The molecule has 24 heavy (non-hydrogen) atoms. The van der Waals surface area contributed by atoms with Crippen LogP contribution in [-0.4, -0.2) is 53.8 Å². The molecule has 2 fully saturated rings. The van der Waals surface area contributed by atoms with Crippen LogP contribution >= 0.6 is 0 Å². The Balaban J connectivity index is 1.57. The van der Waals surface area contributed by atoms with E-state index in [9.17, 15) is 14.0 Å². The maximum absolute atomic E-state index is 13.6. The number of nitrogens with two attached hydrogens (primary N) is 1. The Morgan fingerprint density at radius 1 is 1.12 bits per heavy atom. The fourth-order valence-electron chi connectivity index (χ4n) is 3.54. The third-order valence-electron chi connectivity index (χ3n) is 5.12. The van der Waals surface area contributed by atoms with E-state index >= 15 is 0 Å². The van der Waals surface area contributed by atoms with Crippen LogP contribution < -0.4 is 5.73 Å². The molecule has 1 aliphatic carbocycles. The number of halogens is 1. The zero-order valence-electron chi connectivity index (χ0n) is 14.0. The molecular formula is C18H24FN3O2. The summed E-state index contributed by atoms with van der Waals surface area (Å²) in [6.07, 6.45) is 2.54. The second kappa shape index (κ2) is 6.89. The van der Waals surface area contributed by atoms with Crippen molar-refractivity contribution in [3.8, 4) is 0 Å². The quantitative estimate of drug-likeness (QED) is 0.893. The Morgan fingerprint density at radius 2 is 1.79 bits per heavy atom. The van der Waals surface area contributed by atoms with Gasteiger partial charge in [0.2, 0.25) is 5.91 Å². The van der Waals surface area contributed by atoms with Crippen LogP contribution in [-0.2, 0) is 4.79 Å². The van der Waals surface area contributed by atoms with Crippen LogP contribution in [0.4, 0.5) is 4.39 Å². The van der Waals surface area contributed by atoms with Crippen molar-refractivity contribution < 1.29 is 14.0 Å². The van der Waals surface area contributed by atoms with Gasteiger partial charge >= 0.3 is 0 Å². The van der Waals surface area contributed by atoms with Crippen molar-refractivity contribution in [2.24, 2.45) is 11.7 Å². The molecule has 130 valence electrons. The topological polar surface area (TPSA) is 66.6 Å². The molecule has 1 heterocycles. The summed E-state index contributed by atoms with van der Waals surface area (Å²) in [4.78, 5) is 28.5. The molecule has 1 saturated heterocycles. The second-order valence-corrected chi connectivity index (χ2v) is 6.85. The van der Waals surface area contributed by atoms with Crippen molar-refractivity contribution >= 4 is 11.8 Å². The highest BCUT2D eigenvalue weighted by atomic mass is 19.1. The zero-order chi connectivity index (χ0) is 17.3. The summed E-state index contributed by atoms with van der Waals surface area (Å²) in [5.74, 6) is -0.346. The highest BCUT2D eigenvalue weighted by Crippen LogP contribution is 2.26. The summed E-state index contributed by atoms with van der Waals surface area (Å²) in [6, 6.07) is 4.69. The molecule has 5 nitrogen and oxygen atoms in total. The average Bonchev–Trinajstić information content (AvgIpc) is 3.02. The van der Waals surface area contributed by atoms with Crippen molar-refractivity contribution in [3.05, 3.63) is 35.1 Å². The number of hydrogen-bond acceptors (Lipinski definition) is 3. The normalized spacial score (nSPS) is 24.3. The molecule has 2 N–H and O–H groups in total. The van der Waals surface area contributed by atoms with E-state index in [0.29, 0.717) is 37.3 Å². The van der Waals surface area contributed by atoms with E-state index < -0.39 is 0 Å². The summed E-state index contributed by atoms with van der Waals surface area (Å²) in [5.41, 5.74) is 6.77. The molecule has 6 heteroatoms. The Morgan fingerprint density at radius 3 is 2.38 bits per heavy atom. The molecule has 1 aliphatic heterocycles. The third kappa shape index (κ3) is 3.43. The summed E-state index contributed by atoms with van der Waals surface area (Å²) in [6.45, 7) is 3.70. The molecule has 2 aliphatic rings. The van der Waals surface area contributed by atoms with E-state index in [2.05, 4.69) is 0 Å². The zero-order valence-corrected chi connectivity index (χ0v) is 14.0. The standard InChI is InChI=1S/C18H24FN3O2/c1-12-2-3-14(11-16(12)19)18(24)22-8-6-21(7-9-22)17(23)13-4-5-15(20)10-13/h2-3,11,13,15H,4-10,20H2,1H3. The SMILES string of the molecule is Cc1ccc(C(=O)N2CCN(C(=O)C3CCC(N)C3)CC2)cc1F. The first-order valence-corrected chi connectivity index (χ1v) is 8.55. The summed E-state index contributed by atoms with van der Waals surface area (Å²) < 4.78 is 13.6. The van der Waals surface area contributed by atoms with Gasteiger partial charge in [-0.05, 0) is 43.9 Å². The van der Waals surface area contributed by atoms with E-state index in [1.807, 2.05) is 4.90 Å². The summed E-state index contributed by atoms with van der Waals surface area (Å²) >= 11 is 0. The largest absolute Gasteiger partial charge is 0.339 e. The molecule has 2 amide bonds. The van der Waals surface area contributed by atoms with Crippen molar-refractivity contribution in [2.75, 3.05) is 26.2 Å².